The molecule has 29 heavy (non-hydrogen) atoms. The van der Waals surface area contributed by atoms with E-state index < -0.39 is 16.3 Å². The van der Waals surface area contributed by atoms with E-state index in [1.807, 2.05) is 0 Å². The topological polar surface area (TPSA) is 119 Å². The minimum absolute atomic E-state index is 0.0977. The molecule has 0 unspecified atom stereocenters. The second-order valence-electron chi connectivity index (χ2n) is 6.96. The van der Waals surface area contributed by atoms with Crippen molar-refractivity contribution >= 4 is 38.9 Å². The average molecular weight is 410 g/mol. The number of hydrogen-bond donors (Lipinski definition) is 4. The van der Waals surface area contributed by atoms with Crippen molar-refractivity contribution in [3.63, 3.8) is 0 Å². The van der Waals surface area contributed by atoms with Crippen LogP contribution in [0.3, 0.4) is 0 Å². The fourth-order valence-corrected chi connectivity index (χ4v) is 4.61. The number of aromatic hydroxyl groups is 1. The zero-order valence-corrected chi connectivity index (χ0v) is 16.1. The number of pyridine rings is 1. The third kappa shape index (κ3) is 2.82. The van der Waals surface area contributed by atoms with Crippen LogP contribution in [0, 0.1) is 0 Å². The monoisotopic (exact) mass is 410 g/mol. The second kappa shape index (κ2) is 6.45. The van der Waals surface area contributed by atoms with Gasteiger partial charge in [-0.1, -0.05) is 35.0 Å². The van der Waals surface area contributed by atoms with Crippen molar-refractivity contribution in [1.82, 2.24) is 4.68 Å². The molecule has 1 saturated carbocycles. The molecular formula is C20H18N4O4S. The van der Waals surface area contributed by atoms with E-state index in [0.717, 1.165) is 25.0 Å². The highest BCUT2D eigenvalue weighted by Gasteiger charge is 2.30. The molecule has 2 aromatic carbocycles. The molecular weight excluding hydrogens is 392 g/mol. The van der Waals surface area contributed by atoms with Gasteiger partial charge in [-0.15, -0.1) is 4.40 Å². The minimum atomic E-state index is -3.53. The quantitative estimate of drug-likeness (QED) is 0.509. The molecule has 0 bridgehead atoms. The van der Waals surface area contributed by atoms with Crippen molar-refractivity contribution < 1.29 is 14.2 Å². The van der Waals surface area contributed by atoms with Crippen LogP contribution < -0.4 is 10.9 Å². The Morgan fingerprint density at radius 2 is 1.79 bits per heavy atom. The normalized spacial score (nSPS) is 18.3. The van der Waals surface area contributed by atoms with Crippen LogP contribution in [0.5, 0.6) is 5.75 Å². The van der Waals surface area contributed by atoms with Crippen LogP contribution in [-0.4, -0.2) is 30.4 Å². The summed E-state index contributed by atoms with van der Waals surface area (Å²) in [6.45, 7) is 0. The lowest BCUT2D eigenvalue weighted by atomic mass is 9.98. The number of hydrogen-bond acceptors (Lipinski definition) is 7. The SMILES string of the molecule is O=c1c(C2=NS(O)(O)c3ccccc3N2)c(O)c2ccccc2n1N=C1CCC1. The van der Waals surface area contributed by atoms with Crippen LogP contribution >= 0.6 is 10.8 Å². The molecule has 0 saturated heterocycles. The molecule has 0 amide bonds. The summed E-state index contributed by atoms with van der Waals surface area (Å²) in [5.74, 6) is -0.379. The molecule has 9 heteroatoms. The number of benzene rings is 2. The molecule has 2 heterocycles. The van der Waals surface area contributed by atoms with E-state index in [-0.39, 0.29) is 22.0 Å². The van der Waals surface area contributed by atoms with Crippen LogP contribution in [0.1, 0.15) is 24.8 Å². The third-order valence-corrected chi connectivity index (χ3v) is 6.48. The molecule has 2 aliphatic rings. The summed E-state index contributed by atoms with van der Waals surface area (Å²) in [5, 5.41) is 18.7. The lowest BCUT2D eigenvalue weighted by Crippen LogP contribution is -2.31. The summed E-state index contributed by atoms with van der Waals surface area (Å²) in [4.78, 5) is 13.6. The van der Waals surface area contributed by atoms with E-state index in [0.29, 0.717) is 16.6 Å². The zero-order valence-electron chi connectivity index (χ0n) is 15.2. The molecule has 148 valence electrons. The Morgan fingerprint density at radius 3 is 2.55 bits per heavy atom. The van der Waals surface area contributed by atoms with Crippen molar-refractivity contribution in [3.8, 4) is 5.75 Å². The zero-order chi connectivity index (χ0) is 20.2. The molecule has 4 N–H and O–H groups in total. The standard InChI is InChI=1S/C20H18N4O4S/c25-18-13-8-1-3-10-15(13)24(22-12-6-5-7-12)20(26)17(18)19-21-14-9-2-4-11-16(14)29(27,28)23-19/h1-4,8-11,25,27-28H,5-7H2,(H,21,23). The Hall–Kier alpha value is -3.14. The number of aromatic nitrogens is 1. The van der Waals surface area contributed by atoms with Crippen LogP contribution in [0.2, 0.25) is 0 Å². The first kappa shape index (κ1) is 17.9. The molecule has 3 aromatic rings. The van der Waals surface area contributed by atoms with Gasteiger partial charge in [0.1, 0.15) is 16.2 Å². The maximum Gasteiger partial charge on any atom is 0.286 e. The minimum Gasteiger partial charge on any atom is -0.506 e. The fraction of sp³-hybridized carbons (Fsp3) is 0.150. The number of fused-ring (bicyclic) bond motifs is 2. The molecule has 1 aromatic heterocycles. The average Bonchev–Trinajstić information content (AvgIpc) is 2.66. The Balaban J connectivity index is 1.78. The first-order chi connectivity index (χ1) is 14.0. The predicted octanol–water partition coefficient (Wildman–Crippen LogP) is 3.99. The number of para-hydroxylation sites is 2. The van der Waals surface area contributed by atoms with Gasteiger partial charge in [-0.3, -0.25) is 13.9 Å². The van der Waals surface area contributed by atoms with Crippen molar-refractivity contribution in [2.24, 2.45) is 9.50 Å². The number of anilines is 1. The van der Waals surface area contributed by atoms with E-state index in [9.17, 15) is 19.0 Å². The molecule has 8 nitrogen and oxygen atoms in total. The van der Waals surface area contributed by atoms with Crippen molar-refractivity contribution in [2.75, 3.05) is 5.32 Å². The highest BCUT2D eigenvalue weighted by atomic mass is 32.3. The molecule has 0 spiro atoms. The first-order valence-electron chi connectivity index (χ1n) is 9.14. The highest BCUT2D eigenvalue weighted by molar-refractivity contribution is 8.23. The van der Waals surface area contributed by atoms with E-state index in [4.69, 9.17) is 0 Å². The summed E-state index contributed by atoms with van der Waals surface area (Å²) in [7, 11) is -3.53. The summed E-state index contributed by atoms with van der Waals surface area (Å²) < 4.78 is 26.3. The first-order valence-corrected chi connectivity index (χ1v) is 10.6. The summed E-state index contributed by atoms with van der Waals surface area (Å²) >= 11 is 0. The van der Waals surface area contributed by atoms with Crippen molar-refractivity contribution in [1.29, 1.82) is 0 Å². The molecule has 0 atom stereocenters. The van der Waals surface area contributed by atoms with Gasteiger partial charge in [-0.2, -0.15) is 9.78 Å². The van der Waals surface area contributed by atoms with Gasteiger partial charge in [-0.25, -0.2) is 0 Å². The lowest BCUT2D eigenvalue weighted by molar-refractivity contribution is 0.477. The largest absolute Gasteiger partial charge is 0.506 e. The lowest BCUT2D eigenvalue weighted by Gasteiger charge is -2.34. The van der Waals surface area contributed by atoms with Gasteiger partial charge in [0.05, 0.1) is 11.2 Å². The number of nitrogens with one attached hydrogen (secondary N) is 1. The van der Waals surface area contributed by atoms with Crippen LogP contribution in [0.15, 0.2) is 67.7 Å². The second-order valence-corrected chi connectivity index (χ2v) is 8.62. The maximum atomic E-state index is 13.3. The van der Waals surface area contributed by atoms with Gasteiger partial charge >= 0.3 is 0 Å². The molecule has 0 radical (unpaired) electrons. The van der Waals surface area contributed by atoms with Gasteiger partial charge in [0.2, 0.25) is 0 Å². The van der Waals surface area contributed by atoms with Gasteiger partial charge in [0, 0.05) is 11.1 Å². The van der Waals surface area contributed by atoms with E-state index >= 15 is 0 Å². The van der Waals surface area contributed by atoms with Crippen LogP contribution in [-0.2, 0) is 0 Å². The maximum absolute atomic E-state index is 13.3. The molecule has 1 aliphatic heterocycles. The Morgan fingerprint density at radius 1 is 1.07 bits per heavy atom. The number of amidine groups is 1. The summed E-state index contributed by atoms with van der Waals surface area (Å²) in [6, 6.07) is 13.5. The smallest absolute Gasteiger partial charge is 0.286 e. The number of rotatable bonds is 2. The Bertz CT molecular complexity index is 1270. The third-order valence-electron chi connectivity index (χ3n) is 5.09. The summed E-state index contributed by atoms with van der Waals surface area (Å²) in [5.41, 5.74) is 1.06. The van der Waals surface area contributed by atoms with Crippen molar-refractivity contribution in [3.05, 3.63) is 64.4 Å². The van der Waals surface area contributed by atoms with E-state index in [1.165, 1.54) is 4.68 Å². The summed E-state index contributed by atoms with van der Waals surface area (Å²) in [6.07, 6.45) is 2.68. The van der Waals surface area contributed by atoms with Crippen molar-refractivity contribution in [2.45, 2.75) is 24.2 Å². The van der Waals surface area contributed by atoms with Crippen LogP contribution in [0.25, 0.3) is 10.9 Å². The highest BCUT2D eigenvalue weighted by Crippen LogP contribution is 2.55. The Labute approximate surface area is 167 Å². The molecule has 1 fully saturated rings. The van der Waals surface area contributed by atoms with Gasteiger partial charge in [-0.05, 0) is 43.5 Å². The fourth-order valence-electron chi connectivity index (χ4n) is 3.44. The van der Waals surface area contributed by atoms with Crippen LogP contribution in [0.4, 0.5) is 5.69 Å². The molecule has 5 rings (SSSR count). The molecule has 1 aliphatic carbocycles. The van der Waals surface area contributed by atoms with Gasteiger partial charge < -0.3 is 10.4 Å². The predicted molar refractivity (Wildman–Crippen MR) is 114 cm³/mol. The number of nitrogens with zero attached hydrogens (tertiary/aromatic N) is 3. The van der Waals surface area contributed by atoms with Gasteiger partial charge in [0.15, 0.2) is 5.84 Å². The van der Waals surface area contributed by atoms with E-state index in [2.05, 4.69) is 14.8 Å². The Kier molecular flexibility index (Phi) is 3.98. The van der Waals surface area contributed by atoms with Gasteiger partial charge in [0.25, 0.3) is 5.56 Å². The van der Waals surface area contributed by atoms with E-state index in [1.54, 1.807) is 48.5 Å².